The first-order chi connectivity index (χ1) is 7.63. The van der Waals surface area contributed by atoms with Crippen molar-refractivity contribution in [2.75, 3.05) is 0 Å². The third kappa shape index (κ3) is 3.43. The Bertz CT molecular complexity index is 479. The summed E-state index contributed by atoms with van der Waals surface area (Å²) in [6.07, 6.45) is 1.34. The van der Waals surface area contributed by atoms with E-state index in [0.717, 1.165) is 6.08 Å². The van der Waals surface area contributed by atoms with Crippen molar-refractivity contribution in [3.63, 3.8) is 0 Å². The number of halogens is 1. The molecule has 0 atom stereocenters. The van der Waals surface area contributed by atoms with Crippen LogP contribution >= 0.6 is 0 Å². The van der Waals surface area contributed by atoms with Crippen LogP contribution in [0.2, 0.25) is 0 Å². The Kier molecular flexibility index (Phi) is 4.06. The van der Waals surface area contributed by atoms with E-state index in [0.29, 0.717) is 5.56 Å². The molecule has 0 saturated heterocycles. The van der Waals surface area contributed by atoms with Gasteiger partial charge in [0.25, 0.3) is 5.91 Å². The van der Waals surface area contributed by atoms with Gasteiger partial charge in [0.2, 0.25) is 0 Å². The summed E-state index contributed by atoms with van der Waals surface area (Å²) in [7, 11) is 0. The molecule has 1 aromatic rings. The molecule has 0 heterocycles. The zero-order valence-corrected chi connectivity index (χ0v) is 8.17. The van der Waals surface area contributed by atoms with Crippen molar-refractivity contribution in [1.29, 1.82) is 0 Å². The van der Waals surface area contributed by atoms with Crippen molar-refractivity contribution in [1.82, 2.24) is 0 Å². The van der Waals surface area contributed by atoms with Gasteiger partial charge in [0, 0.05) is 4.91 Å². The molecule has 5 nitrogen and oxygen atoms in total. The van der Waals surface area contributed by atoms with Crippen molar-refractivity contribution in [3.8, 4) is 0 Å². The third-order valence-corrected chi connectivity index (χ3v) is 1.77. The number of hydrogen-bond donors (Lipinski definition) is 1. The Hall–Kier alpha value is -2.33. The summed E-state index contributed by atoms with van der Waals surface area (Å²) < 4.78 is 12.8. The Morgan fingerprint density at radius 3 is 3.00 bits per heavy atom. The molecule has 0 radical (unpaired) electrons. The minimum Gasteiger partial charge on any atom is -0.504 e. The molecule has 0 aliphatic rings. The van der Waals surface area contributed by atoms with Gasteiger partial charge in [-0.3, -0.25) is 4.79 Å². The molecular formula is C10H8FN3O2. The number of carbonyl (C=O) groups excluding carboxylic acids is 1. The molecule has 1 N–H and O–H groups in total. The molecular weight excluding hydrogens is 213 g/mol. The lowest BCUT2D eigenvalue weighted by Crippen LogP contribution is -1.97. The normalized spacial score (nSPS) is 10.7. The van der Waals surface area contributed by atoms with E-state index in [-0.39, 0.29) is 6.42 Å². The molecule has 0 aromatic heterocycles. The second-order valence-corrected chi connectivity index (χ2v) is 2.92. The Morgan fingerprint density at radius 2 is 2.38 bits per heavy atom. The van der Waals surface area contributed by atoms with Crippen LogP contribution in [0.1, 0.15) is 5.56 Å². The molecule has 0 bridgehead atoms. The highest BCUT2D eigenvalue weighted by Crippen LogP contribution is 2.06. The maximum atomic E-state index is 12.8. The number of azide groups is 1. The Labute approximate surface area is 90.5 Å². The number of carbonyl (C=O) groups is 1. The Balaban J connectivity index is 2.73. The molecule has 0 aliphatic carbocycles. The SMILES string of the molecule is [N-]=[N+]=NC(=O)/C(O)=C/Cc1cccc(F)c1. The van der Waals surface area contributed by atoms with Gasteiger partial charge in [0.1, 0.15) is 5.82 Å². The summed E-state index contributed by atoms with van der Waals surface area (Å²) in [4.78, 5) is 13.1. The number of aliphatic hydroxyl groups excluding tert-OH is 1. The Morgan fingerprint density at radius 1 is 1.62 bits per heavy atom. The van der Waals surface area contributed by atoms with Crippen LogP contribution in [0.15, 0.2) is 41.2 Å². The van der Waals surface area contributed by atoms with Gasteiger partial charge in [-0.15, -0.1) is 0 Å². The fraction of sp³-hybridized carbons (Fsp3) is 0.100. The van der Waals surface area contributed by atoms with E-state index in [2.05, 4.69) is 10.0 Å². The van der Waals surface area contributed by atoms with Gasteiger partial charge in [-0.25, -0.2) is 4.39 Å². The summed E-state index contributed by atoms with van der Waals surface area (Å²) >= 11 is 0. The molecule has 82 valence electrons. The maximum absolute atomic E-state index is 12.8. The van der Waals surface area contributed by atoms with Crippen molar-refractivity contribution in [2.45, 2.75) is 6.42 Å². The first kappa shape index (κ1) is 11.7. The number of benzene rings is 1. The molecule has 0 aliphatic heterocycles. The van der Waals surface area contributed by atoms with Gasteiger partial charge in [0.15, 0.2) is 5.76 Å². The standard InChI is InChI=1S/C10H8FN3O2/c11-8-3-1-2-7(6-8)4-5-9(15)10(16)13-14-12/h1-3,5-6,15H,4H2/b9-5-. The minimum atomic E-state index is -1.06. The molecule has 1 rings (SSSR count). The molecule has 0 unspecified atom stereocenters. The van der Waals surface area contributed by atoms with Crippen LogP contribution in [0.5, 0.6) is 0 Å². The fourth-order valence-corrected chi connectivity index (χ4v) is 1.06. The van der Waals surface area contributed by atoms with E-state index in [1.54, 1.807) is 6.07 Å². The van der Waals surface area contributed by atoms with Crippen LogP contribution in [0.3, 0.4) is 0 Å². The number of aliphatic hydroxyl groups is 1. The number of allylic oxidation sites excluding steroid dienone is 1. The highest BCUT2D eigenvalue weighted by atomic mass is 19.1. The molecule has 16 heavy (non-hydrogen) atoms. The zero-order valence-electron chi connectivity index (χ0n) is 8.17. The van der Waals surface area contributed by atoms with Crippen molar-refractivity contribution < 1.29 is 14.3 Å². The summed E-state index contributed by atoms with van der Waals surface area (Å²) in [6.45, 7) is 0. The smallest absolute Gasteiger partial charge is 0.283 e. The topological polar surface area (TPSA) is 86.1 Å². The lowest BCUT2D eigenvalue weighted by atomic mass is 10.1. The summed E-state index contributed by atoms with van der Waals surface area (Å²) in [5.74, 6) is -2.10. The van der Waals surface area contributed by atoms with Crippen LogP contribution in [-0.2, 0) is 11.2 Å². The monoisotopic (exact) mass is 221 g/mol. The zero-order chi connectivity index (χ0) is 12.0. The van der Waals surface area contributed by atoms with E-state index in [1.807, 2.05) is 0 Å². The molecule has 1 aromatic carbocycles. The van der Waals surface area contributed by atoms with Crippen molar-refractivity contribution in [3.05, 3.63) is 57.9 Å². The third-order valence-electron chi connectivity index (χ3n) is 1.77. The number of amides is 1. The first-order valence-corrected chi connectivity index (χ1v) is 4.36. The molecule has 0 saturated carbocycles. The average molecular weight is 221 g/mol. The molecule has 0 spiro atoms. The van der Waals surface area contributed by atoms with E-state index < -0.39 is 17.5 Å². The van der Waals surface area contributed by atoms with Crippen LogP contribution in [-0.4, -0.2) is 11.0 Å². The van der Waals surface area contributed by atoms with E-state index >= 15 is 0 Å². The fourth-order valence-electron chi connectivity index (χ4n) is 1.06. The average Bonchev–Trinajstić information content (AvgIpc) is 2.26. The lowest BCUT2D eigenvalue weighted by molar-refractivity contribution is -0.116. The molecule has 1 amide bonds. The maximum Gasteiger partial charge on any atom is 0.283 e. The summed E-state index contributed by atoms with van der Waals surface area (Å²) in [5.41, 5.74) is 8.55. The van der Waals surface area contributed by atoms with Crippen LogP contribution in [0, 0.1) is 5.82 Å². The van der Waals surface area contributed by atoms with Crippen LogP contribution in [0.4, 0.5) is 4.39 Å². The largest absolute Gasteiger partial charge is 0.504 e. The number of hydrogen-bond acceptors (Lipinski definition) is 2. The van der Waals surface area contributed by atoms with Crippen molar-refractivity contribution >= 4 is 5.91 Å². The van der Waals surface area contributed by atoms with Crippen molar-refractivity contribution in [2.24, 2.45) is 5.11 Å². The minimum absolute atomic E-state index is 0.177. The summed E-state index contributed by atoms with van der Waals surface area (Å²) in [6, 6.07) is 5.73. The van der Waals surface area contributed by atoms with E-state index in [1.165, 1.54) is 18.2 Å². The van der Waals surface area contributed by atoms with Gasteiger partial charge in [-0.05, 0) is 40.8 Å². The highest BCUT2D eigenvalue weighted by molar-refractivity contribution is 5.91. The summed E-state index contributed by atoms with van der Waals surface area (Å²) in [5, 5.41) is 11.8. The van der Waals surface area contributed by atoms with Gasteiger partial charge in [-0.1, -0.05) is 12.1 Å². The van der Waals surface area contributed by atoms with Gasteiger partial charge >= 0.3 is 0 Å². The van der Waals surface area contributed by atoms with Crippen LogP contribution in [0.25, 0.3) is 10.4 Å². The second-order valence-electron chi connectivity index (χ2n) is 2.92. The second kappa shape index (κ2) is 5.53. The predicted molar refractivity (Wildman–Crippen MR) is 55.0 cm³/mol. The van der Waals surface area contributed by atoms with E-state index in [9.17, 15) is 9.18 Å². The van der Waals surface area contributed by atoms with Gasteiger partial charge < -0.3 is 5.11 Å². The number of rotatable bonds is 3. The highest BCUT2D eigenvalue weighted by Gasteiger charge is 2.03. The predicted octanol–water partition coefficient (Wildman–Crippen LogP) is 2.65. The quantitative estimate of drug-likeness (QED) is 0.279. The van der Waals surface area contributed by atoms with Gasteiger partial charge in [0.05, 0.1) is 0 Å². The van der Waals surface area contributed by atoms with Crippen LogP contribution < -0.4 is 0 Å². The first-order valence-electron chi connectivity index (χ1n) is 4.36. The molecule has 6 heteroatoms. The lowest BCUT2D eigenvalue weighted by Gasteiger charge is -1.97. The van der Waals surface area contributed by atoms with Gasteiger partial charge in [-0.2, -0.15) is 0 Å². The molecule has 0 fully saturated rings. The number of nitrogens with zero attached hydrogens (tertiary/aromatic N) is 3. The van der Waals surface area contributed by atoms with E-state index in [4.69, 9.17) is 10.6 Å².